The van der Waals surface area contributed by atoms with Gasteiger partial charge >= 0.3 is 0 Å². The third-order valence-electron chi connectivity index (χ3n) is 2.37. The zero-order valence-electron chi connectivity index (χ0n) is 10.3. The fourth-order valence-corrected chi connectivity index (χ4v) is 1.24. The first-order chi connectivity index (χ1) is 7.76. The molecule has 0 aliphatic carbocycles. The molecule has 0 saturated heterocycles. The Kier molecular flexibility index (Phi) is 6.03. The van der Waals surface area contributed by atoms with Gasteiger partial charge in [0.1, 0.15) is 6.61 Å². The lowest BCUT2D eigenvalue weighted by Crippen LogP contribution is -2.21. The van der Waals surface area contributed by atoms with E-state index in [1.807, 2.05) is 7.05 Å². The summed E-state index contributed by atoms with van der Waals surface area (Å²) in [6.45, 7) is 5.38. The highest BCUT2D eigenvalue weighted by molar-refractivity contribution is 4.85. The number of rotatable bonds is 8. The van der Waals surface area contributed by atoms with Crippen LogP contribution in [0.15, 0.2) is 4.52 Å². The molecule has 92 valence electrons. The maximum Gasteiger partial charge on any atom is 0.226 e. The molecule has 0 saturated carbocycles. The Hall–Kier alpha value is -0.940. The molecule has 0 radical (unpaired) electrons. The third-order valence-corrected chi connectivity index (χ3v) is 2.37. The van der Waals surface area contributed by atoms with Gasteiger partial charge in [0.05, 0.1) is 0 Å². The molecule has 0 fully saturated rings. The summed E-state index contributed by atoms with van der Waals surface area (Å²) in [5.74, 6) is 1.33. The number of hydrogen-bond acceptors (Lipinski definition) is 5. The van der Waals surface area contributed by atoms with Crippen LogP contribution in [0.25, 0.3) is 0 Å². The molecule has 5 heteroatoms. The molecule has 1 rings (SSSR count). The first-order valence-corrected chi connectivity index (χ1v) is 5.82. The number of nitrogens with one attached hydrogen (secondary N) is 1. The number of nitrogens with zero attached hydrogens (tertiary/aromatic N) is 2. The molecule has 0 aliphatic rings. The number of hydrogen-bond donors (Lipinski definition) is 1. The highest BCUT2D eigenvalue weighted by atomic mass is 16.5. The molecule has 0 bridgehead atoms. The summed E-state index contributed by atoms with van der Waals surface area (Å²) in [5, 5.41) is 7.03. The molecule has 0 amide bonds. The summed E-state index contributed by atoms with van der Waals surface area (Å²) < 4.78 is 10.5. The smallest absolute Gasteiger partial charge is 0.226 e. The minimum absolute atomic E-state index is 0.443. The molecule has 1 aromatic rings. The average molecular weight is 227 g/mol. The van der Waals surface area contributed by atoms with Gasteiger partial charge in [0, 0.05) is 19.1 Å². The van der Waals surface area contributed by atoms with Gasteiger partial charge in [0.2, 0.25) is 5.89 Å². The van der Waals surface area contributed by atoms with Crippen molar-refractivity contribution < 1.29 is 9.26 Å². The molecule has 1 heterocycles. The van der Waals surface area contributed by atoms with Gasteiger partial charge in [-0.1, -0.05) is 12.1 Å². The molecule has 0 spiro atoms. The van der Waals surface area contributed by atoms with Gasteiger partial charge in [0.25, 0.3) is 0 Å². The van der Waals surface area contributed by atoms with Crippen LogP contribution in [0, 0.1) is 0 Å². The van der Waals surface area contributed by atoms with E-state index in [1.165, 1.54) is 0 Å². The van der Waals surface area contributed by atoms with Crippen molar-refractivity contribution in [3.05, 3.63) is 11.7 Å². The van der Waals surface area contributed by atoms with Gasteiger partial charge < -0.3 is 14.6 Å². The second kappa shape index (κ2) is 7.35. The summed E-state index contributed by atoms with van der Waals surface area (Å²) in [4.78, 5) is 4.26. The predicted octanol–water partition coefficient (Wildman–Crippen LogP) is 1.54. The highest BCUT2D eigenvalue weighted by Gasteiger charge is 2.07. The SMILES string of the molecule is CCCOCc1noc(CCC(C)NC)n1. The van der Waals surface area contributed by atoms with Gasteiger partial charge in [-0.15, -0.1) is 0 Å². The number of aromatic nitrogens is 2. The Morgan fingerprint density at radius 2 is 2.31 bits per heavy atom. The van der Waals surface area contributed by atoms with E-state index in [-0.39, 0.29) is 0 Å². The van der Waals surface area contributed by atoms with Crippen molar-refractivity contribution in [2.45, 2.75) is 45.8 Å². The van der Waals surface area contributed by atoms with Crippen LogP contribution in [0.2, 0.25) is 0 Å². The van der Waals surface area contributed by atoms with Crippen molar-refractivity contribution >= 4 is 0 Å². The molecule has 1 atom stereocenters. The van der Waals surface area contributed by atoms with Crippen molar-refractivity contribution in [3.8, 4) is 0 Å². The van der Waals surface area contributed by atoms with Crippen LogP contribution in [0.1, 0.15) is 38.4 Å². The van der Waals surface area contributed by atoms with E-state index in [2.05, 4.69) is 29.3 Å². The number of ether oxygens (including phenoxy) is 1. The van der Waals surface area contributed by atoms with E-state index in [1.54, 1.807) is 0 Å². The Labute approximate surface area is 96.6 Å². The maximum atomic E-state index is 5.33. The minimum Gasteiger partial charge on any atom is -0.373 e. The molecule has 1 N–H and O–H groups in total. The normalized spacial score (nSPS) is 12.9. The van der Waals surface area contributed by atoms with Crippen LogP contribution in [0.3, 0.4) is 0 Å². The molecule has 1 unspecified atom stereocenters. The topological polar surface area (TPSA) is 60.2 Å². The fraction of sp³-hybridized carbons (Fsp3) is 0.818. The molecule has 1 aromatic heterocycles. The second-order valence-corrected chi connectivity index (χ2v) is 3.89. The van der Waals surface area contributed by atoms with Gasteiger partial charge in [-0.05, 0) is 26.8 Å². The highest BCUT2D eigenvalue weighted by Crippen LogP contribution is 2.04. The first-order valence-electron chi connectivity index (χ1n) is 5.82. The molecule has 5 nitrogen and oxygen atoms in total. The van der Waals surface area contributed by atoms with Crippen molar-refractivity contribution in [3.63, 3.8) is 0 Å². The summed E-state index contributed by atoms with van der Waals surface area (Å²) in [5.41, 5.74) is 0. The molecular formula is C11H21N3O2. The summed E-state index contributed by atoms with van der Waals surface area (Å²) in [6, 6.07) is 0.465. The van der Waals surface area contributed by atoms with Crippen LogP contribution < -0.4 is 5.32 Å². The third kappa shape index (κ3) is 4.72. The van der Waals surface area contributed by atoms with Crippen molar-refractivity contribution in [2.24, 2.45) is 0 Å². The Bertz CT molecular complexity index is 289. The van der Waals surface area contributed by atoms with E-state index in [0.717, 1.165) is 25.9 Å². The van der Waals surface area contributed by atoms with Crippen molar-refractivity contribution in [1.29, 1.82) is 0 Å². The Morgan fingerprint density at radius 1 is 1.50 bits per heavy atom. The van der Waals surface area contributed by atoms with Gasteiger partial charge in [0.15, 0.2) is 5.82 Å². The van der Waals surface area contributed by atoms with Crippen molar-refractivity contribution in [1.82, 2.24) is 15.5 Å². The van der Waals surface area contributed by atoms with E-state index >= 15 is 0 Å². The lowest BCUT2D eigenvalue weighted by atomic mass is 10.2. The van der Waals surface area contributed by atoms with E-state index in [9.17, 15) is 0 Å². The molecule has 0 aliphatic heterocycles. The summed E-state index contributed by atoms with van der Waals surface area (Å²) >= 11 is 0. The first kappa shape index (κ1) is 13.1. The summed E-state index contributed by atoms with van der Waals surface area (Å²) in [7, 11) is 1.95. The standard InChI is InChI=1S/C11H21N3O2/c1-4-7-15-8-10-13-11(16-14-10)6-5-9(2)12-3/h9,12H,4-8H2,1-3H3. The van der Waals surface area contributed by atoms with E-state index in [0.29, 0.717) is 24.4 Å². The lowest BCUT2D eigenvalue weighted by Gasteiger charge is -2.06. The molecule has 16 heavy (non-hydrogen) atoms. The minimum atomic E-state index is 0.443. The number of aryl methyl sites for hydroxylation is 1. The summed E-state index contributed by atoms with van der Waals surface area (Å²) in [6.07, 6.45) is 2.81. The molecular weight excluding hydrogens is 206 g/mol. The van der Waals surface area contributed by atoms with Gasteiger partial charge in [-0.3, -0.25) is 0 Å². The maximum absolute atomic E-state index is 5.33. The molecule has 0 aromatic carbocycles. The van der Waals surface area contributed by atoms with Crippen LogP contribution in [0.4, 0.5) is 0 Å². The zero-order valence-corrected chi connectivity index (χ0v) is 10.3. The lowest BCUT2D eigenvalue weighted by molar-refractivity contribution is 0.114. The second-order valence-electron chi connectivity index (χ2n) is 3.89. The fourth-order valence-electron chi connectivity index (χ4n) is 1.24. The van der Waals surface area contributed by atoms with Crippen LogP contribution in [0.5, 0.6) is 0 Å². The zero-order chi connectivity index (χ0) is 11.8. The average Bonchev–Trinajstić information content (AvgIpc) is 2.74. The van der Waals surface area contributed by atoms with E-state index in [4.69, 9.17) is 9.26 Å². The van der Waals surface area contributed by atoms with Gasteiger partial charge in [-0.25, -0.2) is 0 Å². The van der Waals surface area contributed by atoms with Crippen LogP contribution in [-0.2, 0) is 17.8 Å². The van der Waals surface area contributed by atoms with Gasteiger partial charge in [-0.2, -0.15) is 4.98 Å². The van der Waals surface area contributed by atoms with Crippen molar-refractivity contribution in [2.75, 3.05) is 13.7 Å². The quantitative estimate of drug-likeness (QED) is 0.682. The monoisotopic (exact) mass is 227 g/mol. The van der Waals surface area contributed by atoms with Crippen LogP contribution >= 0.6 is 0 Å². The largest absolute Gasteiger partial charge is 0.373 e. The Morgan fingerprint density at radius 3 is 3.00 bits per heavy atom. The predicted molar refractivity (Wildman–Crippen MR) is 61.1 cm³/mol. The Balaban J connectivity index is 2.28. The van der Waals surface area contributed by atoms with E-state index < -0.39 is 0 Å². The van der Waals surface area contributed by atoms with Crippen LogP contribution in [-0.4, -0.2) is 29.8 Å².